The highest BCUT2D eigenvalue weighted by Crippen LogP contribution is 2.06. The molecule has 0 spiro atoms. The fourth-order valence-electron chi connectivity index (χ4n) is 1.68. The minimum absolute atomic E-state index is 0. The maximum Gasteiger partial charge on any atom is 0.291 e. The number of amides is 1. The van der Waals surface area contributed by atoms with Crippen molar-refractivity contribution in [2.24, 2.45) is 5.73 Å². The van der Waals surface area contributed by atoms with Gasteiger partial charge in [0.2, 0.25) is 5.82 Å². The van der Waals surface area contributed by atoms with E-state index in [0.29, 0.717) is 12.3 Å². The van der Waals surface area contributed by atoms with E-state index >= 15 is 0 Å². The molecule has 9 heteroatoms. The van der Waals surface area contributed by atoms with Gasteiger partial charge in [0.25, 0.3) is 11.7 Å². The van der Waals surface area contributed by atoms with Gasteiger partial charge in [0.15, 0.2) is 0 Å². The third kappa shape index (κ3) is 4.26. The number of hydrogen-bond acceptors (Lipinski definition) is 5. The summed E-state index contributed by atoms with van der Waals surface area (Å²) in [4.78, 5) is 20.4. The van der Waals surface area contributed by atoms with Crippen molar-refractivity contribution in [3.05, 3.63) is 23.3 Å². The van der Waals surface area contributed by atoms with Gasteiger partial charge in [-0.3, -0.25) is 4.79 Å². The number of rotatable bonds is 3. The van der Waals surface area contributed by atoms with Crippen molar-refractivity contribution < 1.29 is 4.79 Å². The SMILES string of the molecule is Cc1cc(C)n2nc(C(=O)NC(C)(C)CN)nc2n1.Cl.Cl. The van der Waals surface area contributed by atoms with E-state index < -0.39 is 5.54 Å². The van der Waals surface area contributed by atoms with Crippen LogP contribution in [0, 0.1) is 13.8 Å². The van der Waals surface area contributed by atoms with Crippen LogP contribution in [0.1, 0.15) is 35.9 Å². The summed E-state index contributed by atoms with van der Waals surface area (Å²) in [5.41, 5.74) is 6.81. The maximum atomic E-state index is 12.1. The standard InChI is InChI=1S/C12H18N6O.2ClH/c1-7-5-8(2)18-11(14-7)15-9(17-18)10(19)16-12(3,4)6-13;;/h5H,6,13H2,1-4H3,(H,16,19);2*1H. The van der Waals surface area contributed by atoms with Crippen LogP contribution in [-0.4, -0.2) is 37.6 Å². The van der Waals surface area contributed by atoms with Crippen LogP contribution in [0.4, 0.5) is 0 Å². The van der Waals surface area contributed by atoms with Crippen molar-refractivity contribution in [3.63, 3.8) is 0 Å². The predicted octanol–water partition coefficient (Wildman–Crippen LogP) is 1.05. The summed E-state index contributed by atoms with van der Waals surface area (Å²) < 4.78 is 1.55. The number of aromatic nitrogens is 4. The van der Waals surface area contributed by atoms with Gasteiger partial charge in [-0.2, -0.15) is 4.98 Å². The van der Waals surface area contributed by atoms with Crippen LogP contribution < -0.4 is 11.1 Å². The normalized spacial score (nSPS) is 10.7. The molecule has 0 saturated heterocycles. The molecule has 3 N–H and O–H groups in total. The van der Waals surface area contributed by atoms with Crippen molar-refractivity contribution in [1.82, 2.24) is 24.9 Å². The average molecular weight is 335 g/mol. The van der Waals surface area contributed by atoms with Crippen molar-refractivity contribution in [1.29, 1.82) is 0 Å². The van der Waals surface area contributed by atoms with E-state index in [1.54, 1.807) is 4.52 Å². The van der Waals surface area contributed by atoms with Gasteiger partial charge in [0.1, 0.15) is 0 Å². The average Bonchev–Trinajstić information content (AvgIpc) is 2.72. The Kier molecular flexibility index (Phi) is 6.54. The lowest BCUT2D eigenvalue weighted by Gasteiger charge is -2.23. The minimum atomic E-state index is -0.493. The number of nitrogens with one attached hydrogen (secondary N) is 1. The minimum Gasteiger partial charge on any atom is -0.343 e. The first-order valence-electron chi connectivity index (χ1n) is 6.06. The zero-order chi connectivity index (χ0) is 14.2. The van der Waals surface area contributed by atoms with Gasteiger partial charge in [0, 0.05) is 23.5 Å². The van der Waals surface area contributed by atoms with Gasteiger partial charge < -0.3 is 11.1 Å². The molecule has 0 aliphatic carbocycles. The van der Waals surface area contributed by atoms with E-state index in [9.17, 15) is 4.79 Å². The Balaban J connectivity index is 0.00000200. The molecular weight excluding hydrogens is 315 g/mol. The quantitative estimate of drug-likeness (QED) is 0.874. The number of nitrogens with zero attached hydrogens (tertiary/aromatic N) is 4. The highest BCUT2D eigenvalue weighted by Gasteiger charge is 2.22. The molecule has 2 heterocycles. The molecule has 0 fully saturated rings. The van der Waals surface area contributed by atoms with E-state index in [0.717, 1.165) is 11.4 Å². The Morgan fingerprint density at radius 3 is 2.52 bits per heavy atom. The molecule has 0 radical (unpaired) electrons. The van der Waals surface area contributed by atoms with E-state index in [-0.39, 0.29) is 36.5 Å². The molecule has 118 valence electrons. The van der Waals surface area contributed by atoms with Gasteiger partial charge in [0.05, 0.1) is 0 Å². The summed E-state index contributed by atoms with van der Waals surface area (Å²) in [5.74, 6) is 0.175. The van der Waals surface area contributed by atoms with E-state index in [2.05, 4.69) is 20.4 Å². The Morgan fingerprint density at radius 1 is 1.33 bits per heavy atom. The Morgan fingerprint density at radius 2 is 1.95 bits per heavy atom. The molecule has 0 aliphatic rings. The number of aryl methyl sites for hydroxylation is 2. The molecule has 0 aromatic carbocycles. The first-order valence-corrected chi connectivity index (χ1v) is 6.06. The van der Waals surface area contributed by atoms with Gasteiger partial charge >= 0.3 is 0 Å². The fraction of sp³-hybridized carbons (Fsp3) is 0.500. The van der Waals surface area contributed by atoms with Crippen molar-refractivity contribution >= 4 is 36.5 Å². The molecule has 7 nitrogen and oxygen atoms in total. The second-order valence-corrected chi connectivity index (χ2v) is 5.23. The summed E-state index contributed by atoms with van der Waals surface area (Å²) >= 11 is 0. The van der Waals surface area contributed by atoms with Crippen LogP contribution >= 0.6 is 24.8 Å². The van der Waals surface area contributed by atoms with E-state index in [4.69, 9.17) is 5.73 Å². The van der Waals surface area contributed by atoms with Crippen LogP contribution in [0.25, 0.3) is 5.78 Å². The molecule has 2 aromatic rings. The highest BCUT2D eigenvalue weighted by atomic mass is 35.5. The molecule has 21 heavy (non-hydrogen) atoms. The third-order valence-corrected chi connectivity index (χ3v) is 2.78. The Hall–Kier alpha value is -1.44. The third-order valence-electron chi connectivity index (χ3n) is 2.78. The van der Waals surface area contributed by atoms with Crippen LogP contribution in [0.5, 0.6) is 0 Å². The first kappa shape index (κ1) is 19.6. The van der Waals surface area contributed by atoms with Crippen LogP contribution in [-0.2, 0) is 0 Å². The van der Waals surface area contributed by atoms with Crippen molar-refractivity contribution in [2.75, 3.05) is 6.54 Å². The molecule has 0 bridgehead atoms. The van der Waals surface area contributed by atoms with Crippen LogP contribution in [0.2, 0.25) is 0 Å². The topological polar surface area (TPSA) is 98.2 Å². The maximum absolute atomic E-state index is 12.1. The number of nitrogens with two attached hydrogens (primary N) is 1. The highest BCUT2D eigenvalue weighted by molar-refractivity contribution is 5.91. The molecule has 0 unspecified atom stereocenters. The summed E-state index contributed by atoms with van der Waals surface area (Å²) in [6.45, 7) is 7.78. The van der Waals surface area contributed by atoms with Crippen molar-refractivity contribution in [3.8, 4) is 0 Å². The Labute approximate surface area is 135 Å². The van der Waals surface area contributed by atoms with Crippen molar-refractivity contribution in [2.45, 2.75) is 33.2 Å². The lowest BCUT2D eigenvalue weighted by Crippen LogP contribution is -2.49. The molecule has 1 amide bonds. The number of hydrogen-bond donors (Lipinski definition) is 2. The zero-order valence-electron chi connectivity index (χ0n) is 12.4. The second-order valence-electron chi connectivity index (χ2n) is 5.23. The molecular formula is C12H20Cl2N6O. The molecule has 2 rings (SSSR count). The van der Waals surface area contributed by atoms with Crippen LogP contribution in [0.15, 0.2) is 6.07 Å². The van der Waals surface area contributed by atoms with E-state index in [1.165, 1.54) is 0 Å². The fourth-order valence-corrected chi connectivity index (χ4v) is 1.68. The van der Waals surface area contributed by atoms with Gasteiger partial charge in [-0.05, 0) is 33.8 Å². The number of carbonyl (C=O) groups excluding carboxylic acids is 1. The second kappa shape index (κ2) is 7.02. The summed E-state index contributed by atoms with van der Waals surface area (Å²) in [6.07, 6.45) is 0. The lowest BCUT2D eigenvalue weighted by molar-refractivity contribution is 0.0905. The summed E-state index contributed by atoms with van der Waals surface area (Å²) in [6, 6.07) is 1.88. The predicted molar refractivity (Wildman–Crippen MR) is 85.4 cm³/mol. The number of carbonyl (C=O) groups is 1. The van der Waals surface area contributed by atoms with Gasteiger partial charge in [-0.1, -0.05) is 0 Å². The molecule has 0 atom stereocenters. The lowest BCUT2D eigenvalue weighted by atomic mass is 10.1. The number of halogens is 2. The zero-order valence-corrected chi connectivity index (χ0v) is 14.0. The van der Waals surface area contributed by atoms with E-state index in [1.807, 2.05) is 33.8 Å². The first-order chi connectivity index (χ1) is 8.82. The molecule has 0 aliphatic heterocycles. The Bertz CT molecular complexity index is 640. The number of fused-ring (bicyclic) bond motifs is 1. The molecule has 2 aromatic heterocycles. The van der Waals surface area contributed by atoms with Gasteiger partial charge in [-0.25, -0.2) is 9.50 Å². The summed E-state index contributed by atoms with van der Waals surface area (Å²) in [5, 5.41) is 6.95. The van der Waals surface area contributed by atoms with Gasteiger partial charge in [-0.15, -0.1) is 29.9 Å². The molecule has 0 saturated carbocycles. The smallest absolute Gasteiger partial charge is 0.291 e. The largest absolute Gasteiger partial charge is 0.343 e. The van der Waals surface area contributed by atoms with Crippen LogP contribution in [0.3, 0.4) is 0 Å². The summed E-state index contributed by atoms with van der Waals surface area (Å²) in [7, 11) is 0. The monoisotopic (exact) mass is 334 g/mol.